The standard InChI is InChI=1S/C24H15ClN2OS/c25-18-11-12-22-19(13-18)20(14-23(28-22)17-9-5-2-6-10-17)26-24-27-21(15-29-24)16-7-3-1-4-8-16/h1-15H. The van der Waals surface area contributed by atoms with Gasteiger partial charge in [0.1, 0.15) is 11.3 Å². The number of thiazole rings is 1. The largest absolute Gasteiger partial charge is 0.456 e. The highest BCUT2D eigenvalue weighted by molar-refractivity contribution is 7.13. The van der Waals surface area contributed by atoms with Crippen LogP contribution >= 0.6 is 22.9 Å². The summed E-state index contributed by atoms with van der Waals surface area (Å²) in [7, 11) is 0. The van der Waals surface area contributed by atoms with Gasteiger partial charge in [-0.05, 0) is 18.2 Å². The lowest BCUT2D eigenvalue weighted by Crippen LogP contribution is -2.03. The zero-order valence-corrected chi connectivity index (χ0v) is 16.8. The van der Waals surface area contributed by atoms with E-state index in [-0.39, 0.29) is 0 Å². The molecule has 0 aliphatic rings. The molecule has 5 aromatic rings. The maximum absolute atomic E-state index is 6.24. The second-order valence-electron chi connectivity index (χ2n) is 6.50. The van der Waals surface area contributed by atoms with Crippen molar-refractivity contribution in [2.45, 2.75) is 0 Å². The van der Waals surface area contributed by atoms with Crippen LogP contribution in [0.3, 0.4) is 0 Å². The van der Waals surface area contributed by atoms with Crippen molar-refractivity contribution in [3.05, 3.63) is 101 Å². The fourth-order valence-corrected chi connectivity index (χ4v) is 4.02. The minimum absolute atomic E-state index is 0.640. The van der Waals surface area contributed by atoms with Gasteiger partial charge in [0, 0.05) is 33.0 Å². The first kappa shape index (κ1) is 17.9. The first-order valence-corrected chi connectivity index (χ1v) is 10.4. The van der Waals surface area contributed by atoms with E-state index in [1.165, 1.54) is 11.3 Å². The number of hydrogen-bond acceptors (Lipinski definition) is 4. The van der Waals surface area contributed by atoms with E-state index in [0.29, 0.717) is 10.2 Å². The van der Waals surface area contributed by atoms with E-state index in [1.54, 1.807) is 0 Å². The number of fused-ring (bicyclic) bond motifs is 1. The molecule has 0 aliphatic heterocycles. The third-order valence-corrected chi connectivity index (χ3v) is 5.51. The Hall–Kier alpha value is -3.21. The van der Waals surface area contributed by atoms with Gasteiger partial charge in [-0.15, -0.1) is 11.3 Å². The van der Waals surface area contributed by atoms with Gasteiger partial charge >= 0.3 is 0 Å². The average molecular weight is 415 g/mol. The van der Waals surface area contributed by atoms with Crippen molar-refractivity contribution < 1.29 is 4.42 Å². The maximum Gasteiger partial charge on any atom is 0.210 e. The number of halogens is 1. The van der Waals surface area contributed by atoms with Gasteiger partial charge in [-0.3, -0.25) is 0 Å². The average Bonchev–Trinajstić information content (AvgIpc) is 3.24. The molecule has 0 bridgehead atoms. The summed E-state index contributed by atoms with van der Waals surface area (Å²) < 4.78 is 6.12. The summed E-state index contributed by atoms with van der Waals surface area (Å²) in [5, 5.41) is 4.99. The predicted molar refractivity (Wildman–Crippen MR) is 119 cm³/mol. The molecule has 5 heteroatoms. The summed E-state index contributed by atoms with van der Waals surface area (Å²) in [5.41, 5.74) is 3.71. The molecule has 0 aliphatic carbocycles. The summed E-state index contributed by atoms with van der Waals surface area (Å²) in [5.74, 6) is 0.749. The molecule has 0 atom stereocenters. The highest BCUT2D eigenvalue weighted by atomic mass is 35.5. The molecule has 0 spiro atoms. The predicted octanol–water partition coefficient (Wildman–Crippen LogP) is 7.11. The van der Waals surface area contributed by atoms with Gasteiger partial charge in [-0.2, -0.15) is 0 Å². The van der Waals surface area contributed by atoms with Crippen molar-refractivity contribution in [1.29, 1.82) is 0 Å². The summed E-state index contributed by atoms with van der Waals surface area (Å²) in [4.78, 5) is 9.53. The molecule has 3 aromatic carbocycles. The van der Waals surface area contributed by atoms with Crippen molar-refractivity contribution in [3.63, 3.8) is 0 Å². The molecular formula is C24H15ClN2OS. The molecule has 0 amide bonds. The smallest absolute Gasteiger partial charge is 0.210 e. The SMILES string of the molecule is Clc1ccc2oc(-c3ccccc3)cc(=Nc3nc(-c4ccccc4)cs3)c2c1. The summed E-state index contributed by atoms with van der Waals surface area (Å²) >= 11 is 7.75. The van der Waals surface area contributed by atoms with Gasteiger partial charge in [0.25, 0.3) is 0 Å². The van der Waals surface area contributed by atoms with Crippen LogP contribution < -0.4 is 5.36 Å². The molecule has 2 heterocycles. The molecule has 140 valence electrons. The van der Waals surface area contributed by atoms with Crippen LogP contribution in [0.1, 0.15) is 0 Å². The molecule has 2 aromatic heterocycles. The first-order chi connectivity index (χ1) is 14.3. The zero-order chi connectivity index (χ0) is 19.6. The van der Waals surface area contributed by atoms with E-state index in [9.17, 15) is 0 Å². The Bertz CT molecular complexity index is 1360. The van der Waals surface area contributed by atoms with E-state index in [2.05, 4.69) is 0 Å². The number of nitrogens with zero attached hydrogens (tertiary/aromatic N) is 2. The van der Waals surface area contributed by atoms with Crippen LogP contribution in [0.5, 0.6) is 0 Å². The number of rotatable bonds is 3. The summed E-state index contributed by atoms with van der Waals surface area (Å²) in [6.45, 7) is 0. The third-order valence-electron chi connectivity index (χ3n) is 4.54. The Morgan fingerprint density at radius 3 is 2.31 bits per heavy atom. The van der Waals surface area contributed by atoms with Crippen LogP contribution in [-0.2, 0) is 0 Å². The third kappa shape index (κ3) is 3.73. The molecule has 0 fully saturated rings. The van der Waals surface area contributed by atoms with E-state index >= 15 is 0 Å². The molecule has 0 radical (unpaired) electrons. The van der Waals surface area contributed by atoms with Crippen LogP contribution in [0.25, 0.3) is 33.6 Å². The molecular weight excluding hydrogens is 400 g/mol. The quantitative estimate of drug-likeness (QED) is 0.315. The van der Waals surface area contributed by atoms with Crippen molar-refractivity contribution in [2.75, 3.05) is 0 Å². The first-order valence-electron chi connectivity index (χ1n) is 9.11. The van der Waals surface area contributed by atoms with Crippen LogP contribution in [0.15, 0.2) is 99.7 Å². The van der Waals surface area contributed by atoms with E-state index < -0.39 is 0 Å². The molecule has 3 nitrogen and oxygen atoms in total. The number of aromatic nitrogens is 1. The van der Waals surface area contributed by atoms with E-state index in [4.69, 9.17) is 26.0 Å². The lowest BCUT2D eigenvalue weighted by molar-refractivity contribution is 0.618. The Labute approximate surface area is 176 Å². The highest BCUT2D eigenvalue weighted by Gasteiger charge is 2.08. The van der Waals surface area contributed by atoms with Crippen molar-refractivity contribution in [3.8, 4) is 22.6 Å². The topological polar surface area (TPSA) is 38.4 Å². The lowest BCUT2D eigenvalue weighted by atomic mass is 10.1. The molecule has 0 saturated carbocycles. The van der Waals surface area contributed by atoms with Gasteiger partial charge in [0.15, 0.2) is 0 Å². The van der Waals surface area contributed by atoms with Crippen molar-refractivity contribution in [1.82, 2.24) is 4.98 Å². The van der Waals surface area contributed by atoms with Gasteiger partial charge < -0.3 is 4.42 Å². The zero-order valence-electron chi connectivity index (χ0n) is 15.2. The Morgan fingerprint density at radius 2 is 1.55 bits per heavy atom. The summed E-state index contributed by atoms with van der Waals surface area (Å²) in [6.07, 6.45) is 0. The van der Waals surface area contributed by atoms with Crippen LogP contribution in [0, 0.1) is 0 Å². The highest BCUT2D eigenvalue weighted by Crippen LogP contribution is 2.28. The number of benzene rings is 3. The second-order valence-corrected chi connectivity index (χ2v) is 7.77. The Kier molecular flexibility index (Phi) is 4.72. The molecule has 29 heavy (non-hydrogen) atoms. The minimum Gasteiger partial charge on any atom is -0.456 e. The fraction of sp³-hybridized carbons (Fsp3) is 0. The molecule has 5 rings (SSSR count). The minimum atomic E-state index is 0.640. The van der Waals surface area contributed by atoms with Gasteiger partial charge in [0.2, 0.25) is 5.13 Å². The van der Waals surface area contributed by atoms with Crippen LogP contribution in [-0.4, -0.2) is 4.98 Å². The normalized spacial score (nSPS) is 11.8. The maximum atomic E-state index is 6.24. The van der Waals surface area contributed by atoms with Crippen LogP contribution in [0.4, 0.5) is 5.13 Å². The van der Waals surface area contributed by atoms with Gasteiger partial charge in [-0.25, -0.2) is 9.98 Å². The Morgan fingerprint density at radius 1 is 0.828 bits per heavy atom. The second kappa shape index (κ2) is 7.66. The van der Waals surface area contributed by atoms with Gasteiger partial charge in [0.05, 0.1) is 11.1 Å². The lowest BCUT2D eigenvalue weighted by Gasteiger charge is -2.05. The molecule has 0 saturated heterocycles. The summed E-state index contributed by atoms with van der Waals surface area (Å²) in [6, 6.07) is 27.6. The molecule has 0 unspecified atom stereocenters. The van der Waals surface area contributed by atoms with Crippen molar-refractivity contribution in [2.24, 2.45) is 4.99 Å². The fourth-order valence-electron chi connectivity index (χ4n) is 3.14. The van der Waals surface area contributed by atoms with E-state index in [1.807, 2.05) is 90.3 Å². The molecule has 0 N–H and O–H groups in total. The number of hydrogen-bond donors (Lipinski definition) is 0. The Balaban J connectivity index is 1.69. The van der Waals surface area contributed by atoms with Crippen molar-refractivity contribution >= 4 is 39.0 Å². The monoisotopic (exact) mass is 414 g/mol. The van der Waals surface area contributed by atoms with Crippen LogP contribution in [0.2, 0.25) is 5.02 Å². The van der Waals surface area contributed by atoms with E-state index in [0.717, 1.165) is 38.9 Å². The van der Waals surface area contributed by atoms with Gasteiger partial charge in [-0.1, -0.05) is 72.3 Å².